The summed E-state index contributed by atoms with van der Waals surface area (Å²) in [6, 6.07) is 7.37. The molecule has 0 aliphatic heterocycles. The van der Waals surface area contributed by atoms with Crippen molar-refractivity contribution in [2.75, 3.05) is 13.2 Å². The summed E-state index contributed by atoms with van der Waals surface area (Å²) in [5.74, 6) is 5.70. The number of benzene rings is 1. The molecule has 0 heterocycles. The molecule has 1 aromatic carbocycles. The Morgan fingerprint density at radius 3 is 2.45 bits per heavy atom. The normalized spacial score (nSPS) is 11.0. The zero-order valence-corrected chi connectivity index (χ0v) is 12.1. The van der Waals surface area contributed by atoms with Gasteiger partial charge in [0, 0.05) is 0 Å². The molecule has 20 heavy (non-hydrogen) atoms. The van der Waals surface area contributed by atoms with Crippen LogP contribution in [0.1, 0.15) is 26.3 Å². The fourth-order valence-corrected chi connectivity index (χ4v) is 1.41. The van der Waals surface area contributed by atoms with Gasteiger partial charge >= 0.3 is 6.09 Å². The Labute approximate surface area is 119 Å². The number of hydrogen-bond donors (Lipinski definition) is 2. The molecule has 0 fully saturated rings. The minimum absolute atomic E-state index is 0.362. The number of hydrogen-bond acceptors (Lipinski definition) is 5. The molecule has 0 aliphatic rings. The van der Waals surface area contributed by atoms with Crippen LogP contribution in [0.25, 0.3) is 0 Å². The second kappa shape index (κ2) is 7.72. The van der Waals surface area contributed by atoms with Crippen molar-refractivity contribution >= 4 is 6.09 Å². The maximum atomic E-state index is 11.4. The van der Waals surface area contributed by atoms with Gasteiger partial charge in [0.2, 0.25) is 0 Å². The van der Waals surface area contributed by atoms with Crippen molar-refractivity contribution in [3.8, 4) is 5.75 Å². The lowest BCUT2D eigenvalue weighted by Crippen LogP contribution is -2.34. The summed E-state index contributed by atoms with van der Waals surface area (Å²) in [7, 11) is 0. The lowest BCUT2D eigenvalue weighted by atomic mass is 10.2. The van der Waals surface area contributed by atoms with Crippen molar-refractivity contribution in [2.24, 2.45) is 5.90 Å². The Morgan fingerprint density at radius 1 is 1.25 bits per heavy atom. The van der Waals surface area contributed by atoms with E-state index in [1.165, 1.54) is 0 Å². The maximum Gasteiger partial charge on any atom is 0.407 e. The first-order valence-electron chi connectivity index (χ1n) is 6.41. The lowest BCUT2D eigenvalue weighted by Gasteiger charge is -2.19. The van der Waals surface area contributed by atoms with E-state index >= 15 is 0 Å². The standard InChI is InChI=1S/C14H22N2O4/c1-14(2,3)20-13(17)16-8-9-18-12-6-4-11(5-7-12)10-19-15/h4-7H,8-10,15H2,1-3H3,(H,16,17). The zero-order chi connectivity index (χ0) is 15.0. The van der Waals surface area contributed by atoms with Crippen molar-refractivity contribution in [2.45, 2.75) is 33.0 Å². The summed E-state index contributed by atoms with van der Waals surface area (Å²) in [4.78, 5) is 15.9. The van der Waals surface area contributed by atoms with Gasteiger partial charge in [-0.1, -0.05) is 12.1 Å². The summed E-state index contributed by atoms with van der Waals surface area (Å²) in [5, 5.41) is 2.62. The van der Waals surface area contributed by atoms with Gasteiger partial charge in [-0.3, -0.25) is 4.84 Å². The number of amides is 1. The average Bonchev–Trinajstić information content (AvgIpc) is 2.35. The number of ether oxygens (including phenoxy) is 2. The van der Waals surface area contributed by atoms with E-state index in [2.05, 4.69) is 10.2 Å². The van der Waals surface area contributed by atoms with Crippen LogP contribution >= 0.6 is 0 Å². The molecule has 6 nitrogen and oxygen atoms in total. The largest absolute Gasteiger partial charge is 0.492 e. The van der Waals surface area contributed by atoms with Gasteiger partial charge in [0.05, 0.1) is 13.2 Å². The highest BCUT2D eigenvalue weighted by Crippen LogP contribution is 2.12. The number of alkyl carbamates (subject to hydrolysis) is 1. The highest BCUT2D eigenvalue weighted by molar-refractivity contribution is 5.67. The molecule has 1 amide bonds. The topological polar surface area (TPSA) is 82.8 Å². The summed E-state index contributed by atoms with van der Waals surface area (Å²) in [6.07, 6.45) is -0.448. The van der Waals surface area contributed by atoms with Crippen molar-refractivity contribution in [1.82, 2.24) is 5.32 Å². The van der Waals surface area contributed by atoms with Crippen LogP contribution in [-0.4, -0.2) is 24.8 Å². The molecule has 1 rings (SSSR count). The van der Waals surface area contributed by atoms with E-state index in [0.717, 1.165) is 11.3 Å². The van der Waals surface area contributed by atoms with Crippen LogP contribution in [-0.2, 0) is 16.2 Å². The first kappa shape index (κ1) is 16.3. The predicted octanol–water partition coefficient (Wildman–Crippen LogP) is 1.98. The number of nitrogens with one attached hydrogen (secondary N) is 1. The molecule has 0 unspecified atom stereocenters. The second-order valence-electron chi connectivity index (χ2n) is 5.23. The van der Waals surface area contributed by atoms with Gasteiger partial charge in [0.15, 0.2) is 0 Å². The first-order chi connectivity index (χ1) is 9.40. The molecule has 112 valence electrons. The summed E-state index contributed by atoms with van der Waals surface area (Å²) >= 11 is 0. The van der Waals surface area contributed by atoms with Crippen LogP contribution in [0.2, 0.25) is 0 Å². The molecule has 0 bridgehead atoms. The van der Waals surface area contributed by atoms with Gasteiger partial charge in [-0.05, 0) is 38.5 Å². The zero-order valence-electron chi connectivity index (χ0n) is 12.1. The third kappa shape index (κ3) is 6.96. The van der Waals surface area contributed by atoms with E-state index in [4.69, 9.17) is 15.4 Å². The van der Waals surface area contributed by atoms with Crippen molar-refractivity contribution < 1.29 is 19.1 Å². The molecule has 0 saturated carbocycles. The van der Waals surface area contributed by atoms with Gasteiger partial charge in [-0.25, -0.2) is 10.7 Å². The first-order valence-corrected chi connectivity index (χ1v) is 6.41. The fourth-order valence-electron chi connectivity index (χ4n) is 1.41. The average molecular weight is 282 g/mol. The highest BCUT2D eigenvalue weighted by Gasteiger charge is 2.15. The summed E-state index contributed by atoms with van der Waals surface area (Å²) < 4.78 is 10.6. The monoisotopic (exact) mass is 282 g/mol. The van der Waals surface area contributed by atoms with Crippen LogP contribution in [0.4, 0.5) is 4.79 Å². The quantitative estimate of drug-likeness (QED) is 0.616. The molecule has 0 spiro atoms. The highest BCUT2D eigenvalue weighted by atomic mass is 16.6. The molecular weight excluding hydrogens is 260 g/mol. The van der Waals surface area contributed by atoms with Gasteiger partial charge in [-0.15, -0.1) is 0 Å². The molecule has 6 heteroatoms. The van der Waals surface area contributed by atoms with Crippen molar-refractivity contribution in [1.29, 1.82) is 0 Å². The van der Waals surface area contributed by atoms with E-state index < -0.39 is 11.7 Å². The van der Waals surface area contributed by atoms with Crippen molar-refractivity contribution in [3.63, 3.8) is 0 Å². The Morgan fingerprint density at radius 2 is 1.90 bits per heavy atom. The van der Waals surface area contributed by atoms with E-state index in [0.29, 0.717) is 19.8 Å². The molecule has 3 N–H and O–H groups in total. The number of nitrogens with two attached hydrogens (primary N) is 1. The fraction of sp³-hybridized carbons (Fsp3) is 0.500. The molecule has 0 atom stereocenters. The smallest absolute Gasteiger partial charge is 0.407 e. The van der Waals surface area contributed by atoms with E-state index in [1.54, 1.807) is 0 Å². The Bertz CT molecular complexity index is 412. The SMILES string of the molecule is CC(C)(C)OC(=O)NCCOc1ccc(CON)cc1. The van der Waals surface area contributed by atoms with E-state index in [-0.39, 0.29) is 0 Å². The number of carbonyl (C=O) groups is 1. The maximum absolute atomic E-state index is 11.4. The second-order valence-corrected chi connectivity index (χ2v) is 5.23. The van der Waals surface area contributed by atoms with E-state index in [1.807, 2.05) is 45.0 Å². The third-order valence-electron chi connectivity index (χ3n) is 2.21. The summed E-state index contributed by atoms with van der Waals surface area (Å²) in [6.45, 7) is 6.55. The lowest BCUT2D eigenvalue weighted by molar-refractivity contribution is 0.0520. The van der Waals surface area contributed by atoms with Gasteiger partial charge < -0.3 is 14.8 Å². The van der Waals surface area contributed by atoms with Crippen molar-refractivity contribution in [3.05, 3.63) is 29.8 Å². The van der Waals surface area contributed by atoms with Gasteiger partial charge in [0.25, 0.3) is 0 Å². The molecule has 1 aromatic rings. The number of rotatable bonds is 6. The minimum Gasteiger partial charge on any atom is -0.492 e. The minimum atomic E-state index is -0.494. The Kier molecular flexibility index (Phi) is 6.27. The van der Waals surface area contributed by atoms with Crippen LogP contribution in [0, 0.1) is 0 Å². The predicted molar refractivity (Wildman–Crippen MR) is 75.2 cm³/mol. The van der Waals surface area contributed by atoms with Crippen LogP contribution < -0.4 is 16.0 Å². The van der Waals surface area contributed by atoms with Gasteiger partial charge in [0.1, 0.15) is 18.0 Å². The van der Waals surface area contributed by atoms with Crippen LogP contribution in [0.5, 0.6) is 5.75 Å². The molecule has 0 aliphatic carbocycles. The van der Waals surface area contributed by atoms with Gasteiger partial charge in [-0.2, -0.15) is 0 Å². The molecule has 0 radical (unpaired) electrons. The number of carbonyl (C=O) groups excluding carboxylic acids is 1. The molecular formula is C14H22N2O4. The molecule has 0 saturated heterocycles. The van der Waals surface area contributed by atoms with Crippen LogP contribution in [0.3, 0.4) is 0 Å². The Hall–Kier alpha value is -1.79. The molecule has 0 aromatic heterocycles. The Balaban J connectivity index is 2.22. The van der Waals surface area contributed by atoms with E-state index in [9.17, 15) is 4.79 Å². The summed E-state index contributed by atoms with van der Waals surface area (Å²) in [5.41, 5.74) is 0.470. The third-order valence-corrected chi connectivity index (χ3v) is 2.21. The van der Waals surface area contributed by atoms with Crippen LogP contribution in [0.15, 0.2) is 24.3 Å².